The van der Waals surface area contributed by atoms with Gasteiger partial charge in [0.2, 0.25) is 0 Å². The number of anilines is 1. The highest BCUT2D eigenvalue weighted by Gasteiger charge is 2.39. The van der Waals surface area contributed by atoms with Crippen molar-refractivity contribution in [2.75, 3.05) is 25.6 Å². The van der Waals surface area contributed by atoms with Gasteiger partial charge in [-0.05, 0) is 56.0 Å². The summed E-state index contributed by atoms with van der Waals surface area (Å²) in [4.78, 5) is 28.0. The second-order valence-corrected chi connectivity index (χ2v) is 7.60. The van der Waals surface area contributed by atoms with E-state index in [1.54, 1.807) is 7.11 Å². The van der Waals surface area contributed by atoms with E-state index in [0.717, 1.165) is 16.3 Å². The summed E-state index contributed by atoms with van der Waals surface area (Å²) in [7, 11) is 1.60. The van der Waals surface area contributed by atoms with Crippen molar-refractivity contribution in [3.05, 3.63) is 52.4 Å². The Morgan fingerprint density at radius 2 is 1.86 bits per heavy atom. The van der Waals surface area contributed by atoms with Gasteiger partial charge in [-0.1, -0.05) is 6.07 Å². The Hall–Kier alpha value is -2.64. The minimum Gasteiger partial charge on any atom is -0.491 e. The lowest BCUT2D eigenvalue weighted by Crippen LogP contribution is -2.33. The van der Waals surface area contributed by atoms with Crippen LogP contribution in [0.25, 0.3) is 5.57 Å². The average molecular weight is 401 g/mol. The minimum atomic E-state index is -0.313. The first-order chi connectivity index (χ1) is 13.5. The summed E-state index contributed by atoms with van der Waals surface area (Å²) in [6, 6.07) is 11.1. The van der Waals surface area contributed by atoms with Gasteiger partial charge in [0.15, 0.2) is 0 Å². The van der Waals surface area contributed by atoms with E-state index in [-0.39, 0.29) is 17.9 Å². The summed E-state index contributed by atoms with van der Waals surface area (Å²) in [5, 5.41) is 5.04. The number of amides is 2. The number of rotatable bonds is 9. The Balaban J connectivity index is 1.86. The molecule has 7 heteroatoms. The highest BCUT2D eigenvalue weighted by molar-refractivity contribution is 7.11. The van der Waals surface area contributed by atoms with Crippen LogP contribution in [0.1, 0.15) is 25.1 Å². The SMILES string of the molecule is COCCCN1C(=O)C(Nc2ccc(OC(C)C)cc2)=C(c2cccs2)C1=O. The van der Waals surface area contributed by atoms with Crippen LogP contribution < -0.4 is 10.1 Å². The number of carbonyl (C=O) groups excluding carboxylic acids is 2. The lowest BCUT2D eigenvalue weighted by atomic mass is 10.2. The van der Waals surface area contributed by atoms with Gasteiger partial charge in [0.25, 0.3) is 11.8 Å². The van der Waals surface area contributed by atoms with E-state index in [1.165, 1.54) is 16.2 Å². The molecule has 0 atom stereocenters. The zero-order chi connectivity index (χ0) is 20.1. The van der Waals surface area contributed by atoms with Gasteiger partial charge < -0.3 is 14.8 Å². The largest absolute Gasteiger partial charge is 0.491 e. The Kier molecular flexibility index (Phi) is 6.49. The zero-order valence-electron chi connectivity index (χ0n) is 16.2. The number of nitrogens with one attached hydrogen (secondary N) is 1. The number of methoxy groups -OCH3 is 1. The van der Waals surface area contributed by atoms with Gasteiger partial charge >= 0.3 is 0 Å². The number of imide groups is 1. The third-order valence-corrected chi connectivity index (χ3v) is 5.05. The van der Waals surface area contributed by atoms with Crippen LogP contribution in [-0.2, 0) is 14.3 Å². The summed E-state index contributed by atoms with van der Waals surface area (Å²) in [6.07, 6.45) is 0.682. The molecule has 1 N–H and O–H groups in total. The quantitative estimate of drug-likeness (QED) is 0.513. The third-order valence-electron chi connectivity index (χ3n) is 4.16. The first-order valence-corrected chi connectivity index (χ1v) is 10.1. The van der Waals surface area contributed by atoms with Crippen molar-refractivity contribution in [3.63, 3.8) is 0 Å². The fourth-order valence-corrected chi connectivity index (χ4v) is 3.71. The molecule has 3 rings (SSSR count). The molecule has 1 aromatic carbocycles. The molecule has 0 unspecified atom stereocenters. The molecule has 0 fully saturated rings. The van der Waals surface area contributed by atoms with Crippen molar-refractivity contribution >= 4 is 34.4 Å². The van der Waals surface area contributed by atoms with E-state index in [4.69, 9.17) is 9.47 Å². The molecule has 2 heterocycles. The standard InChI is InChI=1S/C21H24N2O4S/c1-14(2)27-16-9-7-15(8-10-16)22-19-18(17-6-4-13-28-17)20(24)23(21(19)25)11-5-12-26-3/h4,6-10,13-14,22H,5,11-12H2,1-3H3. The van der Waals surface area contributed by atoms with E-state index in [1.807, 2.05) is 55.6 Å². The van der Waals surface area contributed by atoms with Gasteiger partial charge in [0, 0.05) is 30.8 Å². The molecule has 2 aromatic rings. The van der Waals surface area contributed by atoms with E-state index < -0.39 is 0 Å². The van der Waals surface area contributed by atoms with Gasteiger partial charge in [-0.25, -0.2) is 0 Å². The predicted molar refractivity (Wildman–Crippen MR) is 110 cm³/mol. The number of thiophene rings is 1. The summed E-state index contributed by atoms with van der Waals surface area (Å²) in [5.41, 5.74) is 1.45. The van der Waals surface area contributed by atoms with E-state index in [0.29, 0.717) is 30.8 Å². The van der Waals surface area contributed by atoms with Gasteiger partial charge in [-0.2, -0.15) is 0 Å². The van der Waals surface area contributed by atoms with Crippen LogP contribution in [0.2, 0.25) is 0 Å². The molecular weight excluding hydrogens is 376 g/mol. The number of ether oxygens (including phenoxy) is 2. The van der Waals surface area contributed by atoms with Crippen LogP contribution in [0, 0.1) is 0 Å². The molecule has 2 amide bonds. The molecule has 1 aromatic heterocycles. The number of carbonyl (C=O) groups is 2. The topological polar surface area (TPSA) is 67.9 Å². The fourth-order valence-electron chi connectivity index (χ4n) is 2.94. The Morgan fingerprint density at radius 1 is 1.11 bits per heavy atom. The Bertz CT molecular complexity index is 857. The maximum Gasteiger partial charge on any atom is 0.278 e. The van der Waals surface area contributed by atoms with E-state index in [2.05, 4.69) is 5.32 Å². The van der Waals surface area contributed by atoms with Crippen LogP contribution in [0.15, 0.2) is 47.5 Å². The smallest absolute Gasteiger partial charge is 0.278 e. The highest BCUT2D eigenvalue weighted by atomic mass is 32.1. The summed E-state index contributed by atoms with van der Waals surface area (Å²) < 4.78 is 10.7. The van der Waals surface area contributed by atoms with Crippen LogP contribution in [-0.4, -0.2) is 43.1 Å². The van der Waals surface area contributed by atoms with Crippen LogP contribution >= 0.6 is 11.3 Å². The molecular formula is C21H24N2O4S. The maximum absolute atomic E-state index is 13.0. The molecule has 1 aliphatic heterocycles. The van der Waals surface area contributed by atoms with Gasteiger partial charge in [0.05, 0.1) is 11.7 Å². The molecule has 0 saturated carbocycles. The molecule has 148 valence electrons. The third kappa shape index (κ3) is 4.43. The van der Waals surface area contributed by atoms with Crippen molar-refractivity contribution in [2.45, 2.75) is 26.4 Å². The lowest BCUT2D eigenvalue weighted by molar-refractivity contribution is -0.136. The molecule has 0 spiro atoms. The van der Waals surface area contributed by atoms with E-state index >= 15 is 0 Å². The Labute approximate surface area is 168 Å². The molecule has 1 aliphatic rings. The number of hydrogen-bond donors (Lipinski definition) is 1. The summed E-state index contributed by atoms with van der Waals surface area (Å²) in [6.45, 7) is 4.74. The lowest BCUT2D eigenvalue weighted by Gasteiger charge is -2.15. The molecule has 0 saturated heterocycles. The van der Waals surface area contributed by atoms with Crippen molar-refractivity contribution in [3.8, 4) is 5.75 Å². The maximum atomic E-state index is 13.0. The van der Waals surface area contributed by atoms with Gasteiger partial charge in [0.1, 0.15) is 11.4 Å². The number of benzene rings is 1. The van der Waals surface area contributed by atoms with Crippen molar-refractivity contribution in [1.29, 1.82) is 0 Å². The second kappa shape index (κ2) is 9.03. The van der Waals surface area contributed by atoms with Crippen molar-refractivity contribution in [2.24, 2.45) is 0 Å². The van der Waals surface area contributed by atoms with Crippen molar-refractivity contribution < 1.29 is 19.1 Å². The normalized spacial score (nSPS) is 14.4. The zero-order valence-corrected chi connectivity index (χ0v) is 17.0. The number of nitrogens with zero attached hydrogens (tertiary/aromatic N) is 1. The predicted octanol–water partition coefficient (Wildman–Crippen LogP) is 3.76. The van der Waals surface area contributed by atoms with Gasteiger partial charge in [-0.3, -0.25) is 14.5 Å². The van der Waals surface area contributed by atoms with Crippen LogP contribution in [0.5, 0.6) is 5.75 Å². The average Bonchev–Trinajstić information content (AvgIpc) is 3.26. The first kappa shape index (κ1) is 20.1. The summed E-state index contributed by atoms with van der Waals surface area (Å²) in [5.74, 6) is 0.167. The fraction of sp³-hybridized carbons (Fsp3) is 0.333. The second-order valence-electron chi connectivity index (χ2n) is 6.65. The van der Waals surface area contributed by atoms with E-state index in [9.17, 15) is 9.59 Å². The van der Waals surface area contributed by atoms with Crippen LogP contribution in [0.3, 0.4) is 0 Å². The number of hydrogen-bond acceptors (Lipinski definition) is 6. The molecule has 28 heavy (non-hydrogen) atoms. The first-order valence-electron chi connectivity index (χ1n) is 9.18. The Morgan fingerprint density at radius 3 is 2.46 bits per heavy atom. The highest BCUT2D eigenvalue weighted by Crippen LogP contribution is 2.33. The van der Waals surface area contributed by atoms with Crippen molar-refractivity contribution in [1.82, 2.24) is 4.90 Å². The van der Waals surface area contributed by atoms with Crippen LogP contribution in [0.4, 0.5) is 5.69 Å². The molecule has 6 nitrogen and oxygen atoms in total. The minimum absolute atomic E-state index is 0.0849. The summed E-state index contributed by atoms with van der Waals surface area (Å²) >= 11 is 1.44. The van der Waals surface area contributed by atoms with Gasteiger partial charge in [-0.15, -0.1) is 11.3 Å². The molecule has 0 bridgehead atoms. The molecule has 0 aliphatic carbocycles. The molecule has 0 radical (unpaired) electrons. The monoisotopic (exact) mass is 400 g/mol.